The number of nitrogens with one attached hydrogen (secondary N) is 2. The van der Waals surface area contributed by atoms with Gasteiger partial charge >= 0.3 is 6.03 Å². The highest BCUT2D eigenvalue weighted by Gasteiger charge is 2.29. The van der Waals surface area contributed by atoms with Crippen LogP contribution in [0.2, 0.25) is 5.02 Å². The van der Waals surface area contributed by atoms with Crippen molar-refractivity contribution in [3.05, 3.63) is 57.9 Å². The lowest BCUT2D eigenvalue weighted by molar-refractivity contribution is 0.0960. The zero-order valence-corrected chi connectivity index (χ0v) is 21.0. The largest absolute Gasteiger partial charge is 0.335 e. The van der Waals surface area contributed by atoms with Crippen molar-refractivity contribution in [2.75, 3.05) is 25.0 Å². The molecule has 1 saturated carbocycles. The molecule has 4 rings (SSSR count). The number of amides is 3. The van der Waals surface area contributed by atoms with Gasteiger partial charge in [0.15, 0.2) is 0 Å². The van der Waals surface area contributed by atoms with Crippen molar-refractivity contribution in [3.63, 3.8) is 0 Å². The van der Waals surface area contributed by atoms with E-state index in [2.05, 4.69) is 27.4 Å². The van der Waals surface area contributed by atoms with Crippen LogP contribution in [0.1, 0.15) is 59.8 Å². The molecule has 1 aliphatic heterocycles. The number of aryl methyl sites for hydroxylation is 1. The molecule has 2 heterocycles. The fraction of sp³-hybridized carbons (Fsp3) is 0.500. The molecule has 8 heteroatoms. The van der Waals surface area contributed by atoms with Crippen molar-refractivity contribution in [1.82, 2.24) is 20.1 Å². The number of anilines is 1. The van der Waals surface area contributed by atoms with Gasteiger partial charge in [-0.05, 0) is 69.0 Å². The van der Waals surface area contributed by atoms with Crippen LogP contribution in [0.4, 0.5) is 10.5 Å². The van der Waals surface area contributed by atoms with Crippen LogP contribution < -0.4 is 10.6 Å². The quantitative estimate of drug-likeness (QED) is 0.642. The lowest BCUT2D eigenvalue weighted by Gasteiger charge is -2.40. The minimum Gasteiger partial charge on any atom is -0.335 e. The number of urea groups is 1. The first-order valence-corrected chi connectivity index (χ1v) is 12.5. The van der Waals surface area contributed by atoms with Gasteiger partial charge in [-0.2, -0.15) is 0 Å². The molecule has 2 N–H and O–H groups in total. The normalized spacial score (nSPS) is 19.3. The second-order valence-electron chi connectivity index (χ2n) is 9.59. The van der Waals surface area contributed by atoms with Crippen LogP contribution in [0.15, 0.2) is 30.5 Å². The van der Waals surface area contributed by atoms with Gasteiger partial charge in [0.1, 0.15) is 0 Å². The lowest BCUT2D eigenvalue weighted by atomic mass is 10.0. The van der Waals surface area contributed by atoms with Gasteiger partial charge in [0, 0.05) is 60.9 Å². The van der Waals surface area contributed by atoms with Crippen LogP contribution >= 0.6 is 11.6 Å². The third-order valence-corrected chi connectivity index (χ3v) is 7.17. The zero-order chi connectivity index (χ0) is 24.2. The Morgan fingerprint density at radius 3 is 2.59 bits per heavy atom. The summed E-state index contributed by atoms with van der Waals surface area (Å²) in [6, 6.07) is 7.85. The molecule has 1 aromatic carbocycles. The molecule has 3 amide bonds. The van der Waals surface area contributed by atoms with Crippen molar-refractivity contribution >= 4 is 29.2 Å². The fourth-order valence-corrected chi connectivity index (χ4v) is 5.11. The second-order valence-corrected chi connectivity index (χ2v) is 10.0. The number of halogens is 1. The predicted molar refractivity (Wildman–Crippen MR) is 135 cm³/mol. The van der Waals surface area contributed by atoms with Crippen molar-refractivity contribution in [2.24, 2.45) is 0 Å². The number of pyridine rings is 1. The van der Waals surface area contributed by atoms with Crippen LogP contribution in [-0.4, -0.2) is 58.4 Å². The van der Waals surface area contributed by atoms with Gasteiger partial charge in [-0.3, -0.25) is 14.7 Å². The van der Waals surface area contributed by atoms with Crippen LogP contribution in [0.3, 0.4) is 0 Å². The van der Waals surface area contributed by atoms with Gasteiger partial charge in [0.05, 0.1) is 5.56 Å². The molecule has 1 saturated heterocycles. The van der Waals surface area contributed by atoms with E-state index in [1.165, 1.54) is 12.8 Å². The predicted octanol–water partition coefficient (Wildman–Crippen LogP) is 4.76. The van der Waals surface area contributed by atoms with Crippen LogP contribution in [0.5, 0.6) is 0 Å². The van der Waals surface area contributed by atoms with E-state index in [0.717, 1.165) is 42.8 Å². The lowest BCUT2D eigenvalue weighted by Crippen LogP contribution is -2.57. The Labute approximate surface area is 206 Å². The number of aromatic nitrogens is 1. The number of nitrogens with zero attached hydrogens (tertiary/aromatic N) is 3. The van der Waals surface area contributed by atoms with E-state index in [1.807, 2.05) is 30.9 Å². The fourth-order valence-electron chi connectivity index (χ4n) is 4.87. The van der Waals surface area contributed by atoms with E-state index in [4.69, 9.17) is 11.6 Å². The van der Waals surface area contributed by atoms with Gasteiger partial charge in [-0.15, -0.1) is 0 Å². The Morgan fingerprint density at radius 2 is 1.91 bits per heavy atom. The summed E-state index contributed by atoms with van der Waals surface area (Å²) in [5.41, 5.74) is 4.14. The highest BCUT2D eigenvalue weighted by molar-refractivity contribution is 6.31. The third kappa shape index (κ3) is 5.88. The molecule has 2 aromatic rings. The number of carbonyl (C=O) groups excluding carboxylic acids is 2. The smallest absolute Gasteiger partial charge is 0.317 e. The molecule has 0 spiro atoms. The molecule has 0 bridgehead atoms. The standard InChI is InChI=1S/C26H34ClN5O2/c1-17-8-9-20(14-28-17)25(33)30-24-13-22(27)12-21(19(24)3)16-31-10-11-32(18(2)15-31)26(34)29-23-6-4-5-7-23/h8-9,12-14,18,23H,4-7,10-11,15-16H2,1-3H3,(H,29,34)(H,30,33)/t18-/m0/s1. The summed E-state index contributed by atoms with van der Waals surface area (Å²) in [5.74, 6) is -0.209. The van der Waals surface area contributed by atoms with Crippen molar-refractivity contribution in [3.8, 4) is 0 Å². The molecular weight excluding hydrogens is 450 g/mol. The summed E-state index contributed by atoms with van der Waals surface area (Å²) in [7, 11) is 0. The summed E-state index contributed by atoms with van der Waals surface area (Å²) in [6.07, 6.45) is 6.17. The summed E-state index contributed by atoms with van der Waals surface area (Å²) < 4.78 is 0. The maximum atomic E-state index is 12.7. The topological polar surface area (TPSA) is 77.6 Å². The minimum absolute atomic E-state index is 0.0635. The molecule has 34 heavy (non-hydrogen) atoms. The average Bonchev–Trinajstić information content (AvgIpc) is 3.30. The first-order valence-electron chi connectivity index (χ1n) is 12.1. The maximum absolute atomic E-state index is 12.7. The SMILES string of the molecule is Cc1ccc(C(=O)Nc2cc(Cl)cc(CN3CCN(C(=O)NC4CCCC4)[C@@H](C)C3)c2C)cn1. The molecule has 2 fully saturated rings. The van der Waals surface area contributed by atoms with Gasteiger partial charge in [0.2, 0.25) is 0 Å². The molecule has 0 radical (unpaired) electrons. The Hall–Kier alpha value is -2.64. The Morgan fingerprint density at radius 1 is 1.15 bits per heavy atom. The van der Waals surface area contributed by atoms with Gasteiger partial charge in [-0.25, -0.2) is 4.79 Å². The monoisotopic (exact) mass is 483 g/mol. The van der Waals surface area contributed by atoms with Crippen LogP contribution in [0.25, 0.3) is 0 Å². The number of carbonyl (C=O) groups is 2. The molecule has 1 aromatic heterocycles. The molecule has 182 valence electrons. The van der Waals surface area contributed by atoms with Crippen molar-refractivity contribution < 1.29 is 9.59 Å². The van der Waals surface area contributed by atoms with E-state index < -0.39 is 0 Å². The summed E-state index contributed by atoms with van der Waals surface area (Å²) in [5, 5.41) is 6.78. The van der Waals surface area contributed by atoms with Gasteiger partial charge in [0.25, 0.3) is 5.91 Å². The number of hydrogen-bond donors (Lipinski definition) is 2. The molecule has 7 nitrogen and oxygen atoms in total. The van der Waals surface area contributed by atoms with Gasteiger partial charge < -0.3 is 15.5 Å². The van der Waals surface area contributed by atoms with E-state index in [1.54, 1.807) is 18.3 Å². The third-order valence-electron chi connectivity index (χ3n) is 6.95. The van der Waals surface area contributed by atoms with E-state index >= 15 is 0 Å². The summed E-state index contributed by atoms with van der Waals surface area (Å²) in [6.45, 7) is 8.99. The van der Waals surface area contributed by atoms with E-state index in [-0.39, 0.29) is 18.0 Å². The second kappa shape index (κ2) is 10.7. The van der Waals surface area contributed by atoms with Crippen LogP contribution in [-0.2, 0) is 6.54 Å². The first kappa shape index (κ1) is 24.5. The first-order chi connectivity index (χ1) is 16.3. The highest BCUT2D eigenvalue weighted by Crippen LogP contribution is 2.27. The molecule has 2 aliphatic rings. The Kier molecular flexibility index (Phi) is 7.73. The molecule has 0 unspecified atom stereocenters. The zero-order valence-electron chi connectivity index (χ0n) is 20.2. The molecule has 1 atom stereocenters. The molecular formula is C26H34ClN5O2. The highest BCUT2D eigenvalue weighted by atomic mass is 35.5. The van der Waals surface area contributed by atoms with E-state index in [0.29, 0.717) is 35.4 Å². The molecule has 1 aliphatic carbocycles. The van der Waals surface area contributed by atoms with Gasteiger partial charge in [-0.1, -0.05) is 24.4 Å². The Balaban J connectivity index is 1.39. The van der Waals surface area contributed by atoms with E-state index in [9.17, 15) is 9.59 Å². The van der Waals surface area contributed by atoms with Crippen molar-refractivity contribution in [2.45, 2.75) is 65.1 Å². The minimum atomic E-state index is -0.209. The Bertz CT molecular complexity index is 1040. The number of hydrogen-bond acceptors (Lipinski definition) is 4. The van der Waals surface area contributed by atoms with Crippen LogP contribution in [0, 0.1) is 13.8 Å². The summed E-state index contributed by atoms with van der Waals surface area (Å²) in [4.78, 5) is 34.0. The number of piperazine rings is 1. The average molecular weight is 484 g/mol. The number of benzene rings is 1. The summed E-state index contributed by atoms with van der Waals surface area (Å²) >= 11 is 6.42. The van der Waals surface area contributed by atoms with Crippen molar-refractivity contribution in [1.29, 1.82) is 0 Å². The maximum Gasteiger partial charge on any atom is 0.317 e. The number of rotatable bonds is 5.